The molecule has 176 valence electrons. The van der Waals surface area contributed by atoms with Crippen LogP contribution in [0.5, 0.6) is 11.5 Å². The zero-order valence-electron chi connectivity index (χ0n) is 19.2. The molecule has 3 N–H and O–H groups in total. The molecule has 1 amide bonds. The third-order valence-electron chi connectivity index (χ3n) is 5.24. The number of carbonyl (C=O) groups excluding carboxylic acids is 1. The summed E-state index contributed by atoms with van der Waals surface area (Å²) in [5.41, 5.74) is 9.48. The van der Waals surface area contributed by atoms with Crippen molar-refractivity contribution in [2.45, 2.75) is 6.42 Å². The Bertz CT molecular complexity index is 1360. The molecule has 0 saturated carbocycles. The van der Waals surface area contributed by atoms with E-state index < -0.39 is 0 Å². The molecule has 0 unspecified atom stereocenters. The fraction of sp³-hybridized carbons (Fsp3) is 0.250. The molecule has 10 heteroatoms. The molecule has 0 aliphatic rings. The van der Waals surface area contributed by atoms with E-state index in [0.717, 1.165) is 5.56 Å². The minimum atomic E-state index is -0.344. The van der Waals surface area contributed by atoms with Crippen LogP contribution in [-0.2, 0) is 4.74 Å². The number of rotatable bonds is 9. The van der Waals surface area contributed by atoms with Gasteiger partial charge in [0.1, 0.15) is 16.9 Å². The molecule has 2 aromatic carbocycles. The van der Waals surface area contributed by atoms with Crippen molar-refractivity contribution in [1.29, 1.82) is 0 Å². The SMILES string of the molecule is COCCCNC(=O)c1c(N)n(/N=C/c2ccc(OC)c(OC)c2)c2nc3ccccc3nc12. The van der Waals surface area contributed by atoms with E-state index in [1.165, 1.54) is 4.68 Å². The predicted octanol–water partition coefficient (Wildman–Crippen LogP) is 2.83. The number of methoxy groups -OCH3 is 3. The minimum Gasteiger partial charge on any atom is -0.493 e. The van der Waals surface area contributed by atoms with E-state index in [-0.39, 0.29) is 17.3 Å². The monoisotopic (exact) mass is 462 g/mol. The van der Waals surface area contributed by atoms with Crippen LogP contribution in [0, 0.1) is 0 Å². The van der Waals surface area contributed by atoms with Gasteiger partial charge in [-0.25, -0.2) is 9.97 Å². The Morgan fingerprint density at radius 3 is 2.53 bits per heavy atom. The van der Waals surface area contributed by atoms with E-state index in [9.17, 15) is 4.79 Å². The molecule has 10 nitrogen and oxygen atoms in total. The summed E-state index contributed by atoms with van der Waals surface area (Å²) in [5, 5.41) is 7.39. The maximum Gasteiger partial charge on any atom is 0.257 e. The molecule has 2 aromatic heterocycles. The van der Waals surface area contributed by atoms with Gasteiger partial charge in [-0.15, -0.1) is 0 Å². The number of ether oxygens (including phenoxy) is 3. The maximum atomic E-state index is 13.0. The molecule has 0 radical (unpaired) electrons. The van der Waals surface area contributed by atoms with Gasteiger partial charge in [-0.05, 0) is 42.3 Å². The van der Waals surface area contributed by atoms with Crippen LogP contribution in [0.15, 0.2) is 47.6 Å². The molecule has 0 spiro atoms. The highest BCUT2D eigenvalue weighted by Crippen LogP contribution is 2.29. The molecule has 0 aliphatic carbocycles. The van der Waals surface area contributed by atoms with E-state index in [4.69, 9.17) is 19.9 Å². The number of anilines is 1. The number of para-hydroxylation sites is 2. The molecule has 2 heterocycles. The summed E-state index contributed by atoms with van der Waals surface area (Å²) in [6, 6.07) is 12.8. The molecular weight excluding hydrogens is 436 g/mol. The third-order valence-corrected chi connectivity index (χ3v) is 5.24. The van der Waals surface area contributed by atoms with Crippen molar-refractivity contribution in [3.05, 3.63) is 53.6 Å². The number of benzene rings is 2. The average Bonchev–Trinajstić information content (AvgIpc) is 3.13. The van der Waals surface area contributed by atoms with Crippen LogP contribution in [0.4, 0.5) is 5.82 Å². The first kappa shape index (κ1) is 23.0. The van der Waals surface area contributed by atoms with Crippen molar-refractivity contribution in [3.8, 4) is 11.5 Å². The summed E-state index contributed by atoms with van der Waals surface area (Å²) in [6.07, 6.45) is 2.28. The van der Waals surface area contributed by atoms with E-state index >= 15 is 0 Å². The summed E-state index contributed by atoms with van der Waals surface area (Å²) in [4.78, 5) is 22.4. The van der Waals surface area contributed by atoms with Gasteiger partial charge < -0.3 is 25.3 Å². The van der Waals surface area contributed by atoms with Gasteiger partial charge in [0.25, 0.3) is 5.91 Å². The zero-order chi connectivity index (χ0) is 24.1. The second kappa shape index (κ2) is 10.2. The number of nitrogen functional groups attached to an aromatic ring is 1. The van der Waals surface area contributed by atoms with E-state index in [1.54, 1.807) is 39.7 Å². The number of amides is 1. The molecule has 4 aromatic rings. The summed E-state index contributed by atoms with van der Waals surface area (Å²) in [6.45, 7) is 0.978. The lowest BCUT2D eigenvalue weighted by atomic mass is 10.2. The normalized spacial score (nSPS) is 11.4. The van der Waals surface area contributed by atoms with Crippen molar-refractivity contribution in [3.63, 3.8) is 0 Å². The highest BCUT2D eigenvalue weighted by atomic mass is 16.5. The van der Waals surface area contributed by atoms with Gasteiger partial charge in [-0.1, -0.05) is 12.1 Å². The van der Waals surface area contributed by atoms with Crippen LogP contribution in [-0.4, -0.2) is 61.2 Å². The Morgan fingerprint density at radius 1 is 1.09 bits per heavy atom. The third kappa shape index (κ3) is 4.48. The Hall–Kier alpha value is -4.18. The number of hydrogen-bond acceptors (Lipinski definition) is 8. The molecule has 0 aliphatic heterocycles. The van der Waals surface area contributed by atoms with Crippen LogP contribution in [0.1, 0.15) is 22.3 Å². The fourth-order valence-electron chi connectivity index (χ4n) is 3.55. The van der Waals surface area contributed by atoms with Gasteiger partial charge in [0.2, 0.25) is 0 Å². The van der Waals surface area contributed by atoms with Crippen LogP contribution in [0.25, 0.3) is 22.2 Å². The first-order valence-corrected chi connectivity index (χ1v) is 10.7. The van der Waals surface area contributed by atoms with Crippen molar-refractivity contribution in [2.24, 2.45) is 5.10 Å². The standard InChI is InChI=1S/C24H26N6O4/c1-32-12-6-11-26-24(31)20-21-23(29-17-8-5-4-7-16(17)28-21)30(22(20)25)27-14-15-9-10-18(33-2)19(13-15)34-3/h4-5,7-10,13-14H,6,11-12,25H2,1-3H3,(H,26,31)/b27-14+. The second-order valence-corrected chi connectivity index (χ2v) is 7.42. The fourth-order valence-corrected chi connectivity index (χ4v) is 3.55. The zero-order valence-corrected chi connectivity index (χ0v) is 19.2. The highest BCUT2D eigenvalue weighted by Gasteiger charge is 2.23. The topological polar surface area (TPSA) is 126 Å². The summed E-state index contributed by atoms with van der Waals surface area (Å²) in [5.74, 6) is 0.976. The van der Waals surface area contributed by atoms with Crippen molar-refractivity contribution >= 4 is 40.1 Å². The quantitative estimate of drug-likeness (QED) is 0.289. The average molecular weight is 463 g/mol. The molecular formula is C24H26N6O4. The lowest BCUT2D eigenvalue weighted by Gasteiger charge is -2.07. The Labute approximate surface area is 196 Å². The Morgan fingerprint density at radius 2 is 1.82 bits per heavy atom. The predicted molar refractivity (Wildman–Crippen MR) is 131 cm³/mol. The number of carbonyl (C=O) groups is 1. The number of nitrogens with two attached hydrogens (primary N) is 1. The number of nitrogens with one attached hydrogen (secondary N) is 1. The number of nitrogens with zero attached hydrogens (tertiary/aromatic N) is 4. The smallest absolute Gasteiger partial charge is 0.257 e. The van der Waals surface area contributed by atoms with Gasteiger partial charge in [0, 0.05) is 20.3 Å². The van der Waals surface area contributed by atoms with Crippen molar-refractivity contribution in [2.75, 3.05) is 40.2 Å². The number of hydrogen-bond donors (Lipinski definition) is 2. The largest absolute Gasteiger partial charge is 0.493 e. The van der Waals surface area contributed by atoms with Gasteiger partial charge in [-0.2, -0.15) is 9.78 Å². The Kier molecular flexibility index (Phi) is 6.88. The van der Waals surface area contributed by atoms with Crippen molar-refractivity contribution < 1.29 is 19.0 Å². The number of fused-ring (bicyclic) bond motifs is 2. The molecule has 0 bridgehead atoms. The lowest BCUT2D eigenvalue weighted by molar-refractivity contribution is 0.0951. The summed E-state index contributed by atoms with van der Waals surface area (Å²) < 4.78 is 17.1. The van der Waals surface area contributed by atoms with E-state index in [0.29, 0.717) is 53.3 Å². The molecule has 4 rings (SSSR count). The minimum absolute atomic E-state index is 0.145. The molecule has 0 saturated heterocycles. The summed E-state index contributed by atoms with van der Waals surface area (Å²) in [7, 11) is 4.75. The first-order valence-electron chi connectivity index (χ1n) is 10.7. The molecule has 0 atom stereocenters. The van der Waals surface area contributed by atoms with Crippen molar-refractivity contribution in [1.82, 2.24) is 20.0 Å². The molecule has 34 heavy (non-hydrogen) atoms. The summed E-state index contributed by atoms with van der Waals surface area (Å²) >= 11 is 0. The van der Waals surface area contributed by atoms with Gasteiger partial charge >= 0.3 is 0 Å². The highest BCUT2D eigenvalue weighted by molar-refractivity contribution is 6.10. The van der Waals surface area contributed by atoms with Crippen LogP contribution in [0.2, 0.25) is 0 Å². The van der Waals surface area contributed by atoms with Gasteiger partial charge in [-0.3, -0.25) is 4.79 Å². The second-order valence-electron chi connectivity index (χ2n) is 7.42. The number of aromatic nitrogens is 3. The molecule has 0 fully saturated rings. The van der Waals surface area contributed by atoms with Crippen LogP contribution in [0.3, 0.4) is 0 Å². The van der Waals surface area contributed by atoms with E-state index in [1.807, 2.05) is 30.3 Å². The Balaban J connectivity index is 1.79. The lowest BCUT2D eigenvalue weighted by Crippen LogP contribution is -2.26. The maximum absolute atomic E-state index is 13.0. The van der Waals surface area contributed by atoms with Crippen LogP contribution < -0.4 is 20.5 Å². The first-order chi connectivity index (χ1) is 16.6. The van der Waals surface area contributed by atoms with Crippen LogP contribution >= 0.6 is 0 Å². The van der Waals surface area contributed by atoms with Gasteiger partial charge in [0.15, 0.2) is 17.1 Å². The van der Waals surface area contributed by atoms with Gasteiger partial charge in [0.05, 0.1) is 31.5 Å². The van der Waals surface area contributed by atoms with E-state index in [2.05, 4.69) is 20.4 Å².